The Hall–Kier alpha value is -3.78. The number of aliphatic imine (C=N–C) groups is 1. The average molecular weight is 632 g/mol. The molecule has 0 bridgehead atoms. The molecule has 2 atom stereocenters. The minimum atomic E-state index is -2.90. The Bertz CT molecular complexity index is 1520. The number of piperazine rings is 1. The molecule has 3 aromatic rings. The Balaban J connectivity index is 1.33. The molecule has 0 aromatic heterocycles. The van der Waals surface area contributed by atoms with E-state index in [2.05, 4.69) is 36.9 Å². The molecule has 0 N–H and O–H groups in total. The smallest absolute Gasteiger partial charge is 0.273 e. The summed E-state index contributed by atoms with van der Waals surface area (Å²) >= 11 is 0. The first-order chi connectivity index (χ1) is 22.2. The first kappa shape index (κ1) is 33.6. The van der Waals surface area contributed by atoms with E-state index >= 15 is 0 Å². The van der Waals surface area contributed by atoms with E-state index in [1.54, 1.807) is 19.1 Å². The predicted molar refractivity (Wildman–Crippen MR) is 180 cm³/mol. The van der Waals surface area contributed by atoms with Crippen molar-refractivity contribution in [1.82, 2.24) is 9.80 Å². The largest absolute Gasteiger partial charge is 0.492 e. The van der Waals surface area contributed by atoms with Crippen molar-refractivity contribution in [3.05, 3.63) is 83.4 Å². The van der Waals surface area contributed by atoms with Crippen molar-refractivity contribution in [3.8, 4) is 17.2 Å². The van der Waals surface area contributed by atoms with Crippen LogP contribution in [0.25, 0.3) is 0 Å². The van der Waals surface area contributed by atoms with Crippen molar-refractivity contribution < 1.29 is 23.0 Å². The Morgan fingerprint density at radius 1 is 0.957 bits per heavy atom. The highest BCUT2D eigenvalue weighted by atomic mass is 19.3. The zero-order valence-electron chi connectivity index (χ0n) is 27.6. The van der Waals surface area contributed by atoms with Crippen molar-refractivity contribution in [3.63, 3.8) is 0 Å². The highest BCUT2D eigenvalue weighted by molar-refractivity contribution is 6.04. The van der Waals surface area contributed by atoms with Gasteiger partial charge in [0.2, 0.25) is 5.91 Å². The molecule has 1 saturated heterocycles. The summed E-state index contributed by atoms with van der Waals surface area (Å²) in [5.74, 6) is -0.315. The van der Waals surface area contributed by atoms with E-state index in [0.29, 0.717) is 24.0 Å². The third-order valence-electron chi connectivity index (χ3n) is 9.40. The maximum absolute atomic E-state index is 14.3. The number of rotatable bonds is 12. The summed E-state index contributed by atoms with van der Waals surface area (Å²) in [5, 5.41) is 0. The van der Waals surface area contributed by atoms with Crippen LogP contribution < -0.4 is 9.47 Å². The van der Waals surface area contributed by atoms with Crippen LogP contribution in [0.5, 0.6) is 17.2 Å². The molecule has 3 aromatic carbocycles. The normalized spacial score (nSPS) is 18.8. The fourth-order valence-electron chi connectivity index (χ4n) is 6.41. The number of halogens is 2. The van der Waals surface area contributed by atoms with E-state index in [1.807, 2.05) is 29.2 Å². The lowest BCUT2D eigenvalue weighted by Crippen LogP contribution is -2.48. The molecule has 2 heterocycles. The van der Waals surface area contributed by atoms with Crippen LogP contribution in [-0.4, -0.2) is 60.7 Å². The zero-order chi connectivity index (χ0) is 32.7. The fraction of sp³-hybridized carbons (Fsp3) is 0.474. The summed E-state index contributed by atoms with van der Waals surface area (Å²) in [4.78, 5) is 21.1. The molecule has 0 saturated carbocycles. The molecule has 246 valence electrons. The molecule has 0 spiro atoms. The van der Waals surface area contributed by atoms with Gasteiger partial charge in [-0.05, 0) is 72.4 Å². The van der Waals surface area contributed by atoms with E-state index < -0.39 is 5.92 Å². The Labute approximate surface area is 272 Å². The number of carbonyl (C=O) groups excluding carboxylic acids is 1. The second kappa shape index (κ2) is 15.2. The van der Waals surface area contributed by atoms with Gasteiger partial charge < -0.3 is 14.4 Å². The monoisotopic (exact) mass is 631 g/mol. The molecular formula is C38H47F2N3O3. The SMILES string of the molecule is CCCCC1Cc2cc(OCCN3CCN(C(C)=O)CC3)ccc2N=C(c2cccc(Oc3cccc(C(F)(F)CC)c3)c2)C1C. The standard InChI is InChI=1S/C38H47F2N3O3/c1-5-7-10-29-23-31-25-33(45-22-21-42-17-19-43(20-18-42)28(4)44)15-16-36(31)41-37(27(29)3)30-11-8-13-34(24-30)46-35-14-9-12-32(26-35)38(39,40)6-2/h8-9,11-16,24-27,29H,5-7,10,17-23H2,1-4H3. The van der Waals surface area contributed by atoms with Crippen molar-refractivity contribution in [1.29, 1.82) is 0 Å². The first-order valence-electron chi connectivity index (χ1n) is 16.8. The van der Waals surface area contributed by atoms with Gasteiger partial charge in [0.05, 0.1) is 11.4 Å². The molecule has 1 fully saturated rings. The maximum atomic E-state index is 14.3. The van der Waals surface area contributed by atoms with Crippen molar-refractivity contribution >= 4 is 17.3 Å². The zero-order valence-corrected chi connectivity index (χ0v) is 27.6. The Morgan fingerprint density at radius 2 is 1.70 bits per heavy atom. The van der Waals surface area contributed by atoms with E-state index in [1.165, 1.54) is 24.6 Å². The van der Waals surface area contributed by atoms with Crippen LogP contribution in [0.4, 0.5) is 14.5 Å². The molecule has 1 amide bonds. The number of alkyl halides is 2. The number of hydrogen-bond donors (Lipinski definition) is 0. The van der Waals surface area contributed by atoms with Crippen molar-refractivity contribution in [2.45, 2.75) is 65.7 Å². The maximum Gasteiger partial charge on any atom is 0.273 e. The molecule has 2 aliphatic rings. The summed E-state index contributed by atoms with van der Waals surface area (Å²) in [5.41, 5.74) is 4.08. The van der Waals surface area contributed by atoms with Crippen LogP contribution in [0, 0.1) is 11.8 Å². The third-order valence-corrected chi connectivity index (χ3v) is 9.40. The lowest BCUT2D eigenvalue weighted by atomic mass is 9.80. The number of nitrogens with zero attached hydrogens (tertiary/aromatic N) is 3. The van der Waals surface area contributed by atoms with Crippen LogP contribution in [0.1, 0.15) is 70.1 Å². The lowest BCUT2D eigenvalue weighted by Gasteiger charge is -2.34. The van der Waals surface area contributed by atoms with Crippen LogP contribution in [0.15, 0.2) is 71.7 Å². The number of ether oxygens (including phenoxy) is 2. The second-order valence-electron chi connectivity index (χ2n) is 12.6. The molecule has 46 heavy (non-hydrogen) atoms. The van der Waals surface area contributed by atoms with Gasteiger partial charge in [-0.3, -0.25) is 14.7 Å². The number of amides is 1. The van der Waals surface area contributed by atoms with Crippen LogP contribution in [0.3, 0.4) is 0 Å². The van der Waals surface area contributed by atoms with Gasteiger partial charge in [-0.15, -0.1) is 0 Å². The highest BCUT2D eigenvalue weighted by Crippen LogP contribution is 2.38. The summed E-state index contributed by atoms with van der Waals surface area (Å²) in [6, 6.07) is 20.2. The van der Waals surface area contributed by atoms with Gasteiger partial charge in [0.1, 0.15) is 23.9 Å². The summed E-state index contributed by atoms with van der Waals surface area (Å²) in [6.07, 6.45) is 4.03. The molecule has 0 radical (unpaired) electrons. The molecule has 8 heteroatoms. The van der Waals surface area contributed by atoms with E-state index in [4.69, 9.17) is 14.5 Å². The van der Waals surface area contributed by atoms with Crippen LogP contribution in [-0.2, 0) is 17.1 Å². The van der Waals surface area contributed by atoms with Gasteiger partial charge in [-0.1, -0.05) is 57.9 Å². The highest BCUT2D eigenvalue weighted by Gasteiger charge is 2.30. The molecule has 6 nitrogen and oxygen atoms in total. The van der Waals surface area contributed by atoms with Crippen molar-refractivity contribution in [2.75, 3.05) is 39.3 Å². The van der Waals surface area contributed by atoms with Crippen LogP contribution in [0.2, 0.25) is 0 Å². The molecule has 0 aliphatic carbocycles. The Kier molecular flexibility index (Phi) is 11.1. The Morgan fingerprint density at radius 3 is 2.41 bits per heavy atom. The summed E-state index contributed by atoms with van der Waals surface area (Å²) in [7, 11) is 0. The third kappa shape index (κ3) is 8.32. The predicted octanol–water partition coefficient (Wildman–Crippen LogP) is 8.64. The topological polar surface area (TPSA) is 54.4 Å². The number of benzene rings is 3. The van der Waals surface area contributed by atoms with Gasteiger partial charge in [0.15, 0.2) is 0 Å². The fourth-order valence-corrected chi connectivity index (χ4v) is 6.41. The lowest BCUT2D eigenvalue weighted by molar-refractivity contribution is -0.130. The second-order valence-corrected chi connectivity index (χ2v) is 12.6. The summed E-state index contributed by atoms with van der Waals surface area (Å²) < 4.78 is 41.0. The first-order valence-corrected chi connectivity index (χ1v) is 16.8. The number of hydrogen-bond acceptors (Lipinski definition) is 5. The molecular weight excluding hydrogens is 584 g/mol. The van der Waals surface area contributed by atoms with Gasteiger partial charge in [-0.25, -0.2) is 8.78 Å². The minimum Gasteiger partial charge on any atom is -0.492 e. The van der Waals surface area contributed by atoms with Gasteiger partial charge >= 0.3 is 0 Å². The van der Waals surface area contributed by atoms with Gasteiger partial charge in [-0.2, -0.15) is 0 Å². The quantitative estimate of drug-likeness (QED) is 0.201. The van der Waals surface area contributed by atoms with Gasteiger partial charge in [0.25, 0.3) is 5.92 Å². The number of fused-ring (bicyclic) bond motifs is 1. The van der Waals surface area contributed by atoms with E-state index in [9.17, 15) is 13.6 Å². The van der Waals surface area contributed by atoms with E-state index in [-0.39, 0.29) is 23.8 Å². The van der Waals surface area contributed by atoms with Gasteiger partial charge in [0, 0.05) is 57.5 Å². The summed E-state index contributed by atoms with van der Waals surface area (Å²) in [6.45, 7) is 12.3. The molecule has 2 unspecified atom stereocenters. The number of carbonyl (C=O) groups is 1. The van der Waals surface area contributed by atoms with Crippen LogP contribution >= 0.6 is 0 Å². The van der Waals surface area contributed by atoms with Crippen molar-refractivity contribution in [2.24, 2.45) is 16.8 Å². The van der Waals surface area contributed by atoms with E-state index in [0.717, 1.165) is 81.1 Å². The number of unbranched alkanes of at least 4 members (excludes halogenated alkanes) is 1. The molecule has 2 aliphatic heterocycles. The minimum absolute atomic E-state index is 0.0448. The molecule has 5 rings (SSSR count). The average Bonchev–Trinajstić information content (AvgIpc) is 3.20.